The van der Waals surface area contributed by atoms with Crippen molar-refractivity contribution in [3.8, 4) is 0 Å². The highest BCUT2D eigenvalue weighted by Crippen LogP contribution is 2.18. The highest BCUT2D eigenvalue weighted by molar-refractivity contribution is 14.0. The Morgan fingerprint density at radius 2 is 2.07 bits per heavy atom. The number of nitrogens with one attached hydrogen (secondary N) is 1. The van der Waals surface area contributed by atoms with Crippen LogP contribution in [0.3, 0.4) is 0 Å². The second kappa shape index (κ2) is 12.7. The van der Waals surface area contributed by atoms with Crippen molar-refractivity contribution >= 4 is 29.9 Å². The summed E-state index contributed by atoms with van der Waals surface area (Å²) in [5.74, 6) is 3.45. The highest BCUT2D eigenvalue weighted by atomic mass is 127. The number of guanidine groups is 1. The van der Waals surface area contributed by atoms with E-state index in [4.69, 9.17) is 14.5 Å². The fourth-order valence-electron chi connectivity index (χ4n) is 3.74. The van der Waals surface area contributed by atoms with Gasteiger partial charge >= 0.3 is 0 Å². The quantitative estimate of drug-likeness (QED) is 0.236. The topological polar surface area (TPSA) is 80.0 Å². The van der Waals surface area contributed by atoms with E-state index < -0.39 is 0 Å². The zero-order valence-corrected chi connectivity index (χ0v) is 20.3. The number of nitrogens with zero attached hydrogens (tertiary/aromatic N) is 6. The first kappa shape index (κ1) is 24.3. The Morgan fingerprint density at radius 1 is 1.28 bits per heavy atom. The summed E-state index contributed by atoms with van der Waals surface area (Å²) in [6, 6.07) is 0. The van der Waals surface area contributed by atoms with Crippen LogP contribution in [0.5, 0.6) is 0 Å². The van der Waals surface area contributed by atoms with Crippen LogP contribution in [-0.4, -0.2) is 96.7 Å². The van der Waals surface area contributed by atoms with E-state index in [1.165, 1.54) is 6.42 Å². The molecule has 0 amide bonds. The Kier molecular flexibility index (Phi) is 10.6. The zero-order chi connectivity index (χ0) is 19.8. The van der Waals surface area contributed by atoms with Gasteiger partial charge in [-0.2, -0.15) is 0 Å². The van der Waals surface area contributed by atoms with Gasteiger partial charge in [0.15, 0.2) is 11.8 Å². The number of hydrogen-bond donors (Lipinski definition) is 1. The molecule has 3 heterocycles. The maximum atomic E-state index is 5.47. The van der Waals surface area contributed by atoms with Crippen LogP contribution in [0.4, 0.5) is 0 Å². The third-order valence-corrected chi connectivity index (χ3v) is 5.57. The summed E-state index contributed by atoms with van der Waals surface area (Å²) in [7, 11) is 3.72. The van der Waals surface area contributed by atoms with Gasteiger partial charge in [-0.3, -0.25) is 4.90 Å². The SMILES string of the molecule is COCCCNC(=NCc1nnc(C)n1C)N1CCC(CN2CCOCC2)C1.I. The number of aryl methyl sites for hydroxylation is 1. The van der Waals surface area contributed by atoms with E-state index in [2.05, 4.69) is 25.3 Å². The van der Waals surface area contributed by atoms with Crippen molar-refractivity contribution in [2.24, 2.45) is 18.0 Å². The monoisotopic (exact) mass is 521 g/mol. The Morgan fingerprint density at radius 3 is 2.76 bits per heavy atom. The predicted octanol–water partition coefficient (Wildman–Crippen LogP) is 0.878. The summed E-state index contributed by atoms with van der Waals surface area (Å²) in [5.41, 5.74) is 0. The molecule has 0 radical (unpaired) electrons. The van der Waals surface area contributed by atoms with Gasteiger partial charge in [-0.25, -0.2) is 4.99 Å². The minimum absolute atomic E-state index is 0. The summed E-state index contributed by atoms with van der Waals surface area (Å²) in [5, 5.41) is 11.9. The van der Waals surface area contributed by atoms with Crippen LogP contribution in [0.2, 0.25) is 0 Å². The van der Waals surface area contributed by atoms with Gasteiger partial charge < -0.3 is 24.3 Å². The lowest BCUT2D eigenvalue weighted by atomic mass is 10.1. The normalized spacial score (nSPS) is 20.7. The first-order valence-corrected chi connectivity index (χ1v) is 10.3. The standard InChI is InChI=1S/C19H35N7O2.HI/c1-16-22-23-18(24(16)2)13-21-19(20-6-4-10-27-3)26-7-5-17(15-26)14-25-8-11-28-12-9-25;/h17H,4-15H2,1-3H3,(H,20,21);1H. The van der Waals surface area contributed by atoms with E-state index in [-0.39, 0.29) is 24.0 Å². The maximum absolute atomic E-state index is 5.47. The molecule has 0 saturated carbocycles. The van der Waals surface area contributed by atoms with Crippen LogP contribution in [0.25, 0.3) is 0 Å². The van der Waals surface area contributed by atoms with E-state index in [1.807, 2.05) is 18.5 Å². The van der Waals surface area contributed by atoms with Crippen LogP contribution in [0.15, 0.2) is 4.99 Å². The largest absolute Gasteiger partial charge is 0.385 e. The molecule has 0 bridgehead atoms. The lowest BCUT2D eigenvalue weighted by molar-refractivity contribution is 0.0315. The van der Waals surface area contributed by atoms with Crippen molar-refractivity contribution in [3.05, 3.63) is 11.6 Å². The number of halogens is 1. The molecule has 2 aliphatic rings. The number of ether oxygens (including phenoxy) is 2. The second-order valence-corrected chi connectivity index (χ2v) is 7.65. The molecular weight excluding hydrogens is 485 g/mol. The molecule has 9 nitrogen and oxygen atoms in total. The van der Waals surface area contributed by atoms with Crippen molar-refractivity contribution in [1.82, 2.24) is 29.9 Å². The molecule has 10 heteroatoms. The van der Waals surface area contributed by atoms with Gasteiger partial charge in [-0.05, 0) is 25.7 Å². The minimum atomic E-state index is 0. The number of hydrogen-bond acceptors (Lipinski definition) is 6. The Bertz CT molecular complexity index is 634. The smallest absolute Gasteiger partial charge is 0.194 e. The number of likely N-dealkylation sites (tertiary alicyclic amines) is 1. The van der Waals surface area contributed by atoms with E-state index in [9.17, 15) is 0 Å². The van der Waals surface area contributed by atoms with Gasteiger partial charge in [0.05, 0.1) is 13.2 Å². The average Bonchev–Trinajstić information content (AvgIpc) is 3.30. The Balaban J connectivity index is 0.00000300. The van der Waals surface area contributed by atoms with Crippen LogP contribution >= 0.6 is 24.0 Å². The third-order valence-electron chi connectivity index (χ3n) is 5.57. The van der Waals surface area contributed by atoms with E-state index >= 15 is 0 Å². The van der Waals surface area contributed by atoms with Crippen molar-refractivity contribution < 1.29 is 9.47 Å². The zero-order valence-electron chi connectivity index (χ0n) is 18.0. The lowest BCUT2D eigenvalue weighted by Crippen LogP contribution is -2.42. The first-order chi connectivity index (χ1) is 13.7. The summed E-state index contributed by atoms with van der Waals surface area (Å²) < 4.78 is 12.6. The summed E-state index contributed by atoms with van der Waals surface area (Å²) >= 11 is 0. The van der Waals surface area contributed by atoms with Gasteiger partial charge in [-0.15, -0.1) is 34.2 Å². The van der Waals surface area contributed by atoms with Crippen LogP contribution in [-0.2, 0) is 23.1 Å². The van der Waals surface area contributed by atoms with Crippen LogP contribution in [0, 0.1) is 12.8 Å². The minimum Gasteiger partial charge on any atom is -0.385 e. The summed E-state index contributed by atoms with van der Waals surface area (Å²) in [4.78, 5) is 9.78. The van der Waals surface area contributed by atoms with Crippen LogP contribution in [0.1, 0.15) is 24.5 Å². The number of aliphatic imine (C=N–C) groups is 1. The van der Waals surface area contributed by atoms with Crippen molar-refractivity contribution in [1.29, 1.82) is 0 Å². The molecule has 1 N–H and O–H groups in total. The predicted molar refractivity (Wildman–Crippen MR) is 124 cm³/mol. The number of methoxy groups -OCH3 is 1. The van der Waals surface area contributed by atoms with Crippen LogP contribution < -0.4 is 5.32 Å². The molecule has 1 unspecified atom stereocenters. The highest BCUT2D eigenvalue weighted by Gasteiger charge is 2.27. The molecule has 2 aliphatic heterocycles. The first-order valence-electron chi connectivity index (χ1n) is 10.3. The van der Waals surface area contributed by atoms with Gasteiger partial charge in [0, 0.05) is 60.0 Å². The molecule has 0 spiro atoms. The van der Waals surface area contributed by atoms with E-state index in [0.29, 0.717) is 12.5 Å². The van der Waals surface area contributed by atoms with Gasteiger partial charge in [0.1, 0.15) is 12.4 Å². The lowest BCUT2D eigenvalue weighted by Gasteiger charge is -2.29. The molecular formula is C19H36IN7O2. The molecule has 2 saturated heterocycles. The van der Waals surface area contributed by atoms with Crippen molar-refractivity contribution in [3.63, 3.8) is 0 Å². The fourth-order valence-corrected chi connectivity index (χ4v) is 3.74. The molecule has 166 valence electrons. The summed E-state index contributed by atoms with van der Waals surface area (Å²) in [6.07, 6.45) is 2.17. The van der Waals surface area contributed by atoms with Crippen molar-refractivity contribution in [2.45, 2.75) is 26.3 Å². The van der Waals surface area contributed by atoms with E-state index in [1.54, 1.807) is 7.11 Å². The number of rotatable bonds is 8. The van der Waals surface area contributed by atoms with Gasteiger partial charge in [-0.1, -0.05) is 0 Å². The Hall–Kier alpha value is -0.980. The molecule has 1 atom stereocenters. The third kappa shape index (κ3) is 7.34. The van der Waals surface area contributed by atoms with Gasteiger partial charge in [0.2, 0.25) is 0 Å². The molecule has 0 aromatic carbocycles. The summed E-state index contributed by atoms with van der Waals surface area (Å²) in [6.45, 7) is 11.2. The molecule has 1 aromatic heterocycles. The Labute approximate surface area is 191 Å². The molecule has 1 aromatic rings. The maximum Gasteiger partial charge on any atom is 0.194 e. The number of aromatic nitrogens is 3. The molecule has 29 heavy (non-hydrogen) atoms. The van der Waals surface area contributed by atoms with Gasteiger partial charge in [0.25, 0.3) is 0 Å². The molecule has 2 fully saturated rings. The average molecular weight is 521 g/mol. The van der Waals surface area contributed by atoms with Crippen molar-refractivity contribution in [2.75, 3.05) is 66.2 Å². The van der Waals surface area contributed by atoms with E-state index in [0.717, 1.165) is 83.1 Å². The molecule has 3 rings (SSSR count). The fraction of sp³-hybridized carbons (Fsp3) is 0.842. The molecule has 0 aliphatic carbocycles. The number of morpholine rings is 1. The second-order valence-electron chi connectivity index (χ2n) is 7.65.